The highest BCUT2D eigenvalue weighted by Crippen LogP contribution is 2.37. The van der Waals surface area contributed by atoms with Crippen LogP contribution in [0.3, 0.4) is 0 Å². The molecule has 124 valence electrons. The summed E-state index contributed by atoms with van der Waals surface area (Å²) in [5.74, 6) is -0.390. The molecule has 0 aliphatic carbocycles. The summed E-state index contributed by atoms with van der Waals surface area (Å²) in [6, 6.07) is 4.49. The van der Waals surface area contributed by atoms with Crippen molar-refractivity contribution in [3.8, 4) is 10.9 Å². The molecule has 0 radical (unpaired) electrons. The van der Waals surface area contributed by atoms with E-state index in [1.807, 2.05) is 0 Å². The number of thiazole rings is 1. The van der Waals surface area contributed by atoms with Crippen LogP contribution in [0.25, 0.3) is 11.0 Å². The number of hydrogen-bond donors (Lipinski definition) is 0. The van der Waals surface area contributed by atoms with Crippen molar-refractivity contribution in [1.82, 2.24) is 4.98 Å². The predicted molar refractivity (Wildman–Crippen MR) is 90.8 cm³/mol. The van der Waals surface area contributed by atoms with Crippen LogP contribution in [0.5, 0.6) is 10.9 Å². The number of ether oxygens (including phenoxy) is 2. The van der Waals surface area contributed by atoms with Gasteiger partial charge in [0.2, 0.25) is 0 Å². The summed E-state index contributed by atoms with van der Waals surface area (Å²) in [7, 11) is 1.24. The summed E-state index contributed by atoms with van der Waals surface area (Å²) < 4.78 is 15.3. The minimum Gasteiger partial charge on any atom is -0.465 e. The Morgan fingerprint density at radius 2 is 2.04 bits per heavy atom. The van der Waals surface area contributed by atoms with Gasteiger partial charge in [-0.2, -0.15) is 4.98 Å². The molecule has 0 bridgehead atoms. The lowest BCUT2D eigenvalue weighted by Gasteiger charge is -2.07. The second kappa shape index (κ2) is 6.43. The van der Waals surface area contributed by atoms with E-state index in [2.05, 4.69) is 9.72 Å². The van der Waals surface area contributed by atoms with E-state index in [-0.39, 0.29) is 21.0 Å². The standard InChI is InChI=1S/C15H9Cl2NO5S/c1-6-3-11(19)22-9-5-10(8(16)4-7(6)9)23-15-18-13(17)12(24-15)14(20)21-2/h3-5H,1-2H3. The molecular formula is C15H9Cl2NO5S. The lowest BCUT2D eigenvalue weighted by atomic mass is 10.1. The molecule has 0 unspecified atom stereocenters. The molecule has 1 aromatic carbocycles. The van der Waals surface area contributed by atoms with Crippen molar-refractivity contribution in [2.75, 3.05) is 7.11 Å². The van der Waals surface area contributed by atoms with E-state index in [1.165, 1.54) is 19.2 Å². The fourth-order valence-corrected chi connectivity index (χ4v) is 3.30. The molecule has 0 saturated heterocycles. The highest BCUT2D eigenvalue weighted by atomic mass is 35.5. The first-order valence-electron chi connectivity index (χ1n) is 6.55. The molecule has 0 saturated carbocycles. The first-order valence-corrected chi connectivity index (χ1v) is 8.13. The number of esters is 1. The summed E-state index contributed by atoms with van der Waals surface area (Å²) in [6.07, 6.45) is 0. The zero-order valence-corrected chi connectivity index (χ0v) is 14.7. The van der Waals surface area contributed by atoms with E-state index in [4.69, 9.17) is 32.4 Å². The Balaban J connectivity index is 2.03. The average molecular weight is 386 g/mol. The second-order valence-electron chi connectivity index (χ2n) is 4.72. The Bertz CT molecular complexity index is 1010. The Morgan fingerprint density at radius 3 is 2.75 bits per heavy atom. The van der Waals surface area contributed by atoms with Crippen molar-refractivity contribution >= 4 is 51.5 Å². The van der Waals surface area contributed by atoms with Gasteiger partial charge in [-0.15, -0.1) is 0 Å². The maximum Gasteiger partial charge on any atom is 0.351 e. The highest BCUT2D eigenvalue weighted by Gasteiger charge is 2.19. The lowest BCUT2D eigenvalue weighted by molar-refractivity contribution is 0.0606. The topological polar surface area (TPSA) is 78.6 Å². The van der Waals surface area contributed by atoms with Gasteiger partial charge in [0.25, 0.3) is 5.19 Å². The molecule has 0 atom stereocenters. The van der Waals surface area contributed by atoms with Crippen molar-refractivity contribution in [3.63, 3.8) is 0 Å². The third-order valence-electron chi connectivity index (χ3n) is 3.14. The summed E-state index contributed by atoms with van der Waals surface area (Å²) in [4.78, 5) is 27.1. The normalized spacial score (nSPS) is 10.8. The first kappa shape index (κ1) is 16.8. The van der Waals surface area contributed by atoms with Crippen LogP contribution in [-0.2, 0) is 4.74 Å². The van der Waals surface area contributed by atoms with Gasteiger partial charge in [-0.25, -0.2) is 9.59 Å². The first-order chi connectivity index (χ1) is 11.4. The monoisotopic (exact) mass is 385 g/mol. The van der Waals surface area contributed by atoms with Crippen LogP contribution in [0.15, 0.2) is 27.4 Å². The molecule has 0 aliphatic heterocycles. The maximum atomic E-state index is 11.5. The molecule has 0 aliphatic rings. The number of fused-ring (bicyclic) bond motifs is 1. The number of hydrogen-bond acceptors (Lipinski definition) is 7. The highest BCUT2D eigenvalue weighted by molar-refractivity contribution is 7.15. The molecule has 0 N–H and O–H groups in total. The van der Waals surface area contributed by atoms with E-state index in [0.717, 1.165) is 16.9 Å². The number of carbonyl (C=O) groups is 1. The van der Waals surface area contributed by atoms with Gasteiger partial charge in [0.05, 0.1) is 12.1 Å². The number of aromatic nitrogens is 1. The van der Waals surface area contributed by atoms with Gasteiger partial charge in [-0.1, -0.05) is 34.5 Å². The molecule has 2 aromatic heterocycles. The van der Waals surface area contributed by atoms with E-state index in [0.29, 0.717) is 16.0 Å². The molecule has 3 rings (SSSR count). The minimum absolute atomic E-state index is 0.0267. The van der Waals surface area contributed by atoms with Gasteiger partial charge in [0.1, 0.15) is 5.58 Å². The Kier molecular flexibility index (Phi) is 4.49. The summed E-state index contributed by atoms with van der Waals surface area (Å²) >= 11 is 13.0. The Labute approximate surface area is 149 Å². The van der Waals surface area contributed by atoms with Gasteiger partial charge in [-0.05, 0) is 18.6 Å². The number of benzene rings is 1. The van der Waals surface area contributed by atoms with Crippen molar-refractivity contribution in [1.29, 1.82) is 0 Å². The Hall–Kier alpha value is -2.09. The third-order valence-corrected chi connectivity index (χ3v) is 4.73. The molecule has 24 heavy (non-hydrogen) atoms. The zero-order valence-electron chi connectivity index (χ0n) is 12.4. The quantitative estimate of drug-likeness (QED) is 0.489. The van der Waals surface area contributed by atoms with Gasteiger partial charge in [0, 0.05) is 17.5 Å². The lowest BCUT2D eigenvalue weighted by Crippen LogP contribution is -1.98. The van der Waals surface area contributed by atoms with Crippen LogP contribution in [-0.4, -0.2) is 18.1 Å². The zero-order chi connectivity index (χ0) is 17.4. The number of aryl methyl sites for hydroxylation is 1. The van der Waals surface area contributed by atoms with Crippen LogP contribution >= 0.6 is 34.5 Å². The van der Waals surface area contributed by atoms with Gasteiger partial charge < -0.3 is 13.9 Å². The second-order valence-corrected chi connectivity index (χ2v) is 6.45. The summed E-state index contributed by atoms with van der Waals surface area (Å²) in [5, 5.41) is 1.07. The summed E-state index contributed by atoms with van der Waals surface area (Å²) in [6.45, 7) is 1.78. The molecule has 3 aromatic rings. The largest absolute Gasteiger partial charge is 0.465 e. The van der Waals surface area contributed by atoms with Crippen LogP contribution in [0.2, 0.25) is 10.2 Å². The van der Waals surface area contributed by atoms with Crippen molar-refractivity contribution in [2.45, 2.75) is 6.92 Å². The number of carbonyl (C=O) groups excluding carboxylic acids is 1. The number of halogens is 2. The van der Waals surface area contributed by atoms with E-state index < -0.39 is 11.6 Å². The number of rotatable bonds is 3. The molecular weight excluding hydrogens is 377 g/mol. The third kappa shape index (κ3) is 3.10. The van der Waals surface area contributed by atoms with Gasteiger partial charge >= 0.3 is 11.6 Å². The number of nitrogens with zero attached hydrogens (tertiary/aromatic N) is 1. The fourth-order valence-electron chi connectivity index (χ4n) is 2.04. The SMILES string of the molecule is COC(=O)c1sc(Oc2cc3oc(=O)cc(C)c3cc2Cl)nc1Cl. The predicted octanol–water partition coefficient (Wildman–Crippen LogP) is 4.44. The molecule has 2 heterocycles. The smallest absolute Gasteiger partial charge is 0.351 e. The Morgan fingerprint density at radius 1 is 1.29 bits per heavy atom. The van der Waals surface area contributed by atoms with Crippen LogP contribution < -0.4 is 10.4 Å². The van der Waals surface area contributed by atoms with Gasteiger partial charge in [0.15, 0.2) is 15.8 Å². The van der Waals surface area contributed by atoms with Crippen molar-refractivity contribution < 1.29 is 18.7 Å². The van der Waals surface area contributed by atoms with Crippen LogP contribution in [0, 0.1) is 6.92 Å². The van der Waals surface area contributed by atoms with Crippen LogP contribution in [0.4, 0.5) is 0 Å². The molecule has 0 fully saturated rings. The molecule has 6 nitrogen and oxygen atoms in total. The van der Waals surface area contributed by atoms with Crippen molar-refractivity contribution in [2.24, 2.45) is 0 Å². The van der Waals surface area contributed by atoms with Crippen LogP contribution in [0.1, 0.15) is 15.2 Å². The van der Waals surface area contributed by atoms with E-state index >= 15 is 0 Å². The average Bonchev–Trinajstić information content (AvgIpc) is 2.89. The number of methoxy groups -OCH3 is 1. The minimum atomic E-state index is -0.612. The van der Waals surface area contributed by atoms with E-state index in [9.17, 15) is 9.59 Å². The fraction of sp³-hybridized carbons (Fsp3) is 0.133. The van der Waals surface area contributed by atoms with Crippen molar-refractivity contribution in [3.05, 3.63) is 49.2 Å². The van der Waals surface area contributed by atoms with E-state index in [1.54, 1.807) is 13.0 Å². The summed E-state index contributed by atoms with van der Waals surface area (Å²) in [5.41, 5.74) is 0.591. The molecule has 0 spiro atoms. The molecule has 9 heteroatoms. The molecule has 0 amide bonds. The maximum absolute atomic E-state index is 11.5. The van der Waals surface area contributed by atoms with Gasteiger partial charge in [-0.3, -0.25) is 0 Å².